The van der Waals surface area contributed by atoms with E-state index >= 15 is 0 Å². The molecule has 34 heavy (non-hydrogen) atoms. The van der Waals surface area contributed by atoms with E-state index in [9.17, 15) is 34.4 Å². The highest BCUT2D eigenvalue weighted by atomic mass is 16.6. The van der Waals surface area contributed by atoms with Crippen molar-refractivity contribution in [3.63, 3.8) is 0 Å². The number of nitrogens with zero attached hydrogens (tertiary/aromatic N) is 4. The Hall–Kier alpha value is -4.02. The predicted molar refractivity (Wildman–Crippen MR) is 116 cm³/mol. The SMILES string of the molecule is CC(=O)N1CC2CC(/C=C3\CCN(Cc4ccc([N+](=O)[O-])cc4)C3=O)=C(C(=O)O)N3C(=O)C1[C@@H]23. The number of amides is 3. The molecule has 4 heterocycles. The Morgan fingerprint density at radius 2 is 1.94 bits per heavy atom. The summed E-state index contributed by atoms with van der Waals surface area (Å²) in [5.41, 5.74) is 1.49. The van der Waals surface area contributed by atoms with E-state index in [1.807, 2.05) is 0 Å². The number of carbonyl (C=O) groups is 4. The van der Waals surface area contributed by atoms with Crippen LogP contribution < -0.4 is 0 Å². The number of hydrogen-bond acceptors (Lipinski definition) is 6. The van der Waals surface area contributed by atoms with Crippen molar-refractivity contribution >= 4 is 29.4 Å². The molecule has 1 aromatic rings. The minimum atomic E-state index is -1.23. The number of hydrogen-bond donors (Lipinski definition) is 1. The molecule has 11 heteroatoms. The molecule has 0 saturated carbocycles. The van der Waals surface area contributed by atoms with E-state index in [0.717, 1.165) is 5.56 Å². The van der Waals surface area contributed by atoms with Crippen LogP contribution in [0.4, 0.5) is 5.69 Å². The lowest BCUT2D eigenvalue weighted by molar-refractivity contribution is -0.384. The van der Waals surface area contributed by atoms with Gasteiger partial charge in [-0.1, -0.05) is 12.1 Å². The highest BCUT2D eigenvalue weighted by Crippen LogP contribution is 2.47. The summed E-state index contributed by atoms with van der Waals surface area (Å²) >= 11 is 0. The van der Waals surface area contributed by atoms with Gasteiger partial charge < -0.3 is 14.9 Å². The Morgan fingerprint density at radius 1 is 1.24 bits per heavy atom. The van der Waals surface area contributed by atoms with Gasteiger partial charge >= 0.3 is 5.97 Å². The zero-order valence-corrected chi connectivity index (χ0v) is 18.3. The minimum Gasteiger partial charge on any atom is -0.477 e. The van der Waals surface area contributed by atoms with Crippen LogP contribution in [-0.4, -0.2) is 73.6 Å². The van der Waals surface area contributed by atoms with E-state index in [-0.39, 0.29) is 41.7 Å². The number of benzene rings is 1. The van der Waals surface area contributed by atoms with Crippen molar-refractivity contribution in [3.8, 4) is 0 Å². The molecule has 11 nitrogen and oxygen atoms in total. The third-order valence-corrected chi connectivity index (χ3v) is 7.08. The van der Waals surface area contributed by atoms with E-state index < -0.39 is 22.8 Å². The number of non-ortho nitro benzene ring substituents is 1. The van der Waals surface area contributed by atoms with Crippen LogP contribution in [0.1, 0.15) is 25.3 Å². The van der Waals surface area contributed by atoms with Crippen LogP contribution >= 0.6 is 0 Å². The number of nitro groups is 1. The largest absolute Gasteiger partial charge is 0.477 e. The summed E-state index contributed by atoms with van der Waals surface area (Å²) in [4.78, 5) is 64.5. The maximum absolute atomic E-state index is 13.0. The predicted octanol–water partition coefficient (Wildman–Crippen LogP) is 1.05. The normalized spacial score (nSPS) is 26.8. The monoisotopic (exact) mass is 466 g/mol. The smallest absolute Gasteiger partial charge is 0.352 e. The number of carboxylic acid groups (broad SMARTS) is 1. The van der Waals surface area contributed by atoms with Crippen molar-refractivity contribution in [1.29, 1.82) is 0 Å². The molecule has 4 aliphatic rings. The van der Waals surface area contributed by atoms with Crippen LogP contribution in [-0.2, 0) is 25.7 Å². The van der Waals surface area contributed by atoms with Crippen molar-refractivity contribution < 1.29 is 29.2 Å². The second-order valence-corrected chi connectivity index (χ2v) is 9.03. The highest BCUT2D eigenvalue weighted by Gasteiger charge is 2.63. The topological polar surface area (TPSA) is 141 Å². The van der Waals surface area contributed by atoms with Gasteiger partial charge in [0.15, 0.2) is 0 Å². The molecule has 1 aromatic carbocycles. The second-order valence-electron chi connectivity index (χ2n) is 9.03. The summed E-state index contributed by atoms with van der Waals surface area (Å²) in [7, 11) is 0. The number of likely N-dealkylation sites (tertiary alicyclic amines) is 2. The molecule has 3 fully saturated rings. The lowest BCUT2D eigenvalue weighted by Crippen LogP contribution is -2.69. The van der Waals surface area contributed by atoms with Gasteiger partial charge in [-0.25, -0.2) is 4.79 Å². The van der Waals surface area contributed by atoms with Gasteiger partial charge in [0.1, 0.15) is 11.7 Å². The molecule has 3 saturated heterocycles. The first kappa shape index (κ1) is 21.8. The van der Waals surface area contributed by atoms with Crippen molar-refractivity contribution in [2.24, 2.45) is 5.92 Å². The van der Waals surface area contributed by atoms with E-state index in [2.05, 4.69) is 0 Å². The Kier molecular flexibility index (Phi) is 4.99. The molecule has 0 bridgehead atoms. The molecule has 0 aromatic heterocycles. The average Bonchev–Trinajstić information content (AvgIpc) is 3.32. The number of carboxylic acids is 1. The molecule has 1 N–H and O–H groups in total. The van der Waals surface area contributed by atoms with Crippen LogP contribution in [0.25, 0.3) is 0 Å². The molecule has 3 amide bonds. The van der Waals surface area contributed by atoms with Crippen molar-refractivity contribution in [2.75, 3.05) is 13.1 Å². The van der Waals surface area contributed by atoms with Crippen LogP contribution in [0.5, 0.6) is 0 Å². The van der Waals surface area contributed by atoms with Gasteiger partial charge in [0.25, 0.3) is 11.6 Å². The fourth-order valence-corrected chi connectivity index (χ4v) is 5.53. The Morgan fingerprint density at radius 3 is 2.56 bits per heavy atom. The quantitative estimate of drug-likeness (QED) is 0.296. The van der Waals surface area contributed by atoms with Crippen LogP contribution in [0.3, 0.4) is 0 Å². The molecule has 4 aliphatic heterocycles. The van der Waals surface area contributed by atoms with Crippen molar-refractivity contribution in [2.45, 2.75) is 38.4 Å². The fourth-order valence-electron chi connectivity index (χ4n) is 5.53. The number of allylic oxidation sites excluding steroid dienone is 2. The lowest BCUT2D eigenvalue weighted by atomic mass is 9.79. The van der Waals surface area contributed by atoms with E-state index in [1.54, 1.807) is 23.1 Å². The molecule has 3 atom stereocenters. The first-order valence-corrected chi connectivity index (χ1v) is 11.0. The van der Waals surface area contributed by atoms with Gasteiger partial charge in [0.2, 0.25) is 11.8 Å². The van der Waals surface area contributed by atoms with Gasteiger partial charge in [-0.15, -0.1) is 0 Å². The Bertz CT molecular complexity index is 1200. The fraction of sp³-hybridized carbons (Fsp3) is 0.391. The van der Waals surface area contributed by atoms with E-state index in [0.29, 0.717) is 37.1 Å². The summed E-state index contributed by atoms with van der Waals surface area (Å²) in [5, 5.41) is 20.7. The van der Waals surface area contributed by atoms with Crippen molar-refractivity contribution in [3.05, 3.63) is 62.9 Å². The Labute approximate surface area is 194 Å². The van der Waals surface area contributed by atoms with Crippen molar-refractivity contribution in [1.82, 2.24) is 14.7 Å². The molecule has 0 aliphatic carbocycles. The summed E-state index contributed by atoms with van der Waals surface area (Å²) in [5.74, 6) is -2.14. The van der Waals surface area contributed by atoms with Gasteiger partial charge in [-0.3, -0.25) is 29.4 Å². The van der Waals surface area contributed by atoms with Gasteiger partial charge in [-0.05, 0) is 30.1 Å². The third kappa shape index (κ3) is 3.27. The first-order chi connectivity index (χ1) is 16.2. The molecular formula is C23H22N4O7. The summed E-state index contributed by atoms with van der Waals surface area (Å²) in [6.45, 7) is 2.50. The molecular weight excluding hydrogens is 444 g/mol. The lowest BCUT2D eigenvalue weighted by Gasteiger charge is -2.49. The molecule has 5 rings (SSSR count). The van der Waals surface area contributed by atoms with Crippen LogP contribution in [0.15, 0.2) is 47.2 Å². The van der Waals surface area contributed by atoms with E-state index in [1.165, 1.54) is 28.9 Å². The second kappa shape index (κ2) is 7.79. The number of rotatable bonds is 5. The Balaban J connectivity index is 1.38. The van der Waals surface area contributed by atoms with E-state index in [4.69, 9.17) is 0 Å². The number of nitro benzene ring substituents is 1. The third-order valence-electron chi connectivity index (χ3n) is 7.08. The van der Waals surface area contributed by atoms with Gasteiger partial charge in [0, 0.05) is 50.2 Å². The molecule has 2 unspecified atom stereocenters. The number of carbonyl (C=O) groups excluding carboxylic acids is 3. The summed E-state index contributed by atoms with van der Waals surface area (Å²) < 4.78 is 0. The standard InChI is InChI=1S/C23H22N4O7/c1-12(28)25-11-16-9-15(19(23(31)32)26-18(16)20(25)22(26)30)8-14-6-7-24(21(14)29)10-13-2-4-17(5-3-13)27(33)34/h2-5,8,16,18,20H,6-7,9-11H2,1H3,(H,31,32)/b14-8+/t16?,18-,20?/m1/s1. The average molecular weight is 466 g/mol. The minimum absolute atomic E-state index is 0.0288. The number of β-lactam (4-membered cyclic amide) rings is 1. The van der Waals surface area contributed by atoms with Gasteiger partial charge in [0.05, 0.1) is 11.0 Å². The summed E-state index contributed by atoms with van der Waals surface area (Å²) in [6, 6.07) is 5.05. The zero-order valence-electron chi connectivity index (χ0n) is 18.3. The summed E-state index contributed by atoms with van der Waals surface area (Å²) in [6.07, 6.45) is 2.39. The highest BCUT2D eigenvalue weighted by molar-refractivity contribution is 6.03. The molecule has 176 valence electrons. The maximum Gasteiger partial charge on any atom is 0.352 e. The van der Waals surface area contributed by atoms with Crippen LogP contribution in [0, 0.1) is 16.0 Å². The maximum atomic E-state index is 13.0. The van der Waals surface area contributed by atoms with Crippen LogP contribution in [0.2, 0.25) is 0 Å². The molecule has 0 spiro atoms. The molecule has 0 radical (unpaired) electrons. The zero-order chi connectivity index (χ0) is 24.3. The first-order valence-electron chi connectivity index (χ1n) is 11.0. The van der Waals surface area contributed by atoms with Gasteiger partial charge in [-0.2, -0.15) is 0 Å². The number of aliphatic carboxylic acids is 1.